The van der Waals surface area contributed by atoms with Crippen LogP contribution < -0.4 is 25.7 Å². The van der Waals surface area contributed by atoms with E-state index in [1.54, 1.807) is 24.4 Å². The van der Waals surface area contributed by atoms with Gasteiger partial charge >= 0.3 is 0 Å². The molecule has 2 atom stereocenters. The predicted octanol–water partition coefficient (Wildman–Crippen LogP) is 4.45. The van der Waals surface area contributed by atoms with Gasteiger partial charge in [-0.1, -0.05) is 29.8 Å². The zero-order valence-corrected chi connectivity index (χ0v) is 20.9. The molecule has 0 saturated carbocycles. The summed E-state index contributed by atoms with van der Waals surface area (Å²) in [5, 5.41) is 8.30. The smallest absolute Gasteiger partial charge is 0.256 e. The number of allylic oxidation sites excluding steroid dienone is 1. The molecule has 10 heteroatoms. The van der Waals surface area contributed by atoms with Crippen LogP contribution in [0.15, 0.2) is 41.8 Å². The van der Waals surface area contributed by atoms with Crippen LogP contribution in [0.2, 0.25) is 10.0 Å². The van der Waals surface area contributed by atoms with Gasteiger partial charge in [0.25, 0.3) is 5.56 Å². The highest BCUT2D eigenvalue weighted by molar-refractivity contribution is 6.41. The van der Waals surface area contributed by atoms with E-state index in [1.165, 1.54) is 20.3 Å². The molecular formula is C25H26Cl2N4O4. The highest BCUT2D eigenvalue weighted by Crippen LogP contribution is 2.45. The van der Waals surface area contributed by atoms with E-state index < -0.39 is 0 Å². The second-order valence-corrected chi connectivity index (χ2v) is 9.09. The third kappa shape index (κ3) is 5.15. The van der Waals surface area contributed by atoms with Gasteiger partial charge in [-0.15, -0.1) is 0 Å². The number of anilines is 1. The lowest BCUT2D eigenvalue weighted by atomic mass is 9.88. The number of aromatic amines is 1. The van der Waals surface area contributed by atoms with Crippen LogP contribution >= 0.6 is 23.2 Å². The van der Waals surface area contributed by atoms with Crippen molar-refractivity contribution in [1.29, 1.82) is 0 Å². The number of halogens is 2. The average molecular weight is 517 g/mol. The minimum absolute atomic E-state index is 0.00202. The number of hydrogen-bond acceptors (Lipinski definition) is 7. The summed E-state index contributed by atoms with van der Waals surface area (Å²) in [6.45, 7) is 5.11. The van der Waals surface area contributed by atoms with Crippen molar-refractivity contribution in [3.8, 4) is 22.8 Å². The quantitative estimate of drug-likeness (QED) is 0.379. The van der Waals surface area contributed by atoms with Crippen molar-refractivity contribution >= 4 is 45.6 Å². The number of nitrogens with zero attached hydrogens (tertiary/aromatic N) is 1. The van der Waals surface area contributed by atoms with Gasteiger partial charge in [0, 0.05) is 42.2 Å². The Bertz CT molecular complexity index is 1310. The highest BCUT2D eigenvalue weighted by atomic mass is 35.5. The van der Waals surface area contributed by atoms with Gasteiger partial charge < -0.3 is 25.1 Å². The van der Waals surface area contributed by atoms with Crippen LogP contribution in [-0.2, 0) is 4.79 Å². The Balaban J connectivity index is 1.69. The number of aromatic nitrogens is 2. The van der Waals surface area contributed by atoms with Crippen LogP contribution in [0, 0.1) is 5.92 Å². The lowest BCUT2D eigenvalue weighted by Crippen LogP contribution is -2.45. The number of methoxy groups -OCH3 is 2. The van der Waals surface area contributed by atoms with Crippen LogP contribution in [0.4, 0.5) is 5.82 Å². The van der Waals surface area contributed by atoms with Crippen LogP contribution in [-0.4, -0.2) is 49.1 Å². The molecule has 0 aliphatic carbocycles. The monoisotopic (exact) mass is 516 g/mol. The standard InChI is InChI=1S/C25H26Cl2N4O4/c1-4-15(32)7-13-5-6-28-12-18(13)30-21-9-16-14(11-29-21)8-17(31-25(16)33)22-23(26)19(34-2)10-20(35-3)24(22)27/h4,8-11,13,18,28H,1,5-7,12H2,2-3H3,(H,29,30)(H,31,33)/t13-,18-/m1/s1. The zero-order valence-electron chi connectivity index (χ0n) is 19.4. The minimum Gasteiger partial charge on any atom is -0.495 e. The van der Waals surface area contributed by atoms with E-state index in [4.69, 9.17) is 32.7 Å². The molecular weight excluding hydrogens is 491 g/mol. The first kappa shape index (κ1) is 25.0. The number of fused-ring (bicyclic) bond motifs is 1. The summed E-state index contributed by atoms with van der Waals surface area (Å²) in [5.41, 5.74) is 0.488. The summed E-state index contributed by atoms with van der Waals surface area (Å²) < 4.78 is 10.7. The normalized spacial score (nSPS) is 17.7. The molecule has 0 unspecified atom stereocenters. The lowest BCUT2D eigenvalue weighted by molar-refractivity contribution is -0.115. The molecule has 8 nitrogen and oxygen atoms in total. The summed E-state index contributed by atoms with van der Waals surface area (Å²) in [6.07, 6.45) is 4.27. The molecule has 35 heavy (non-hydrogen) atoms. The first-order valence-corrected chi connectivity index (χ1v) is 11.9. The molecule has 1 aromatic carbocycles. The fourth-order valence-electron chi connectivity index (χ4n) is 4.35. The van der Waals surface area contributed by atoms with Crippen LogP contribution in [0.1, 0.15) is 12.8 Å². The molecule has 3 heterocycles. The predicted molar refractivity (Wildman–Crippen MR) is 139 cm³/mol. The van der Waals surface area contributed by atoms with E-state index in [0.29, 0.717) is 52.3 Å². The van der Waals surface area contributed by atoms with E-state index >= 15 is 0 Å². The number of nitrogens with one attached hydrogen (secondary N) is 3. The van der Waals surface area contributed by atoms with Crippen molar-refractivity contribution in [2.75, 3.05) is 32.6 Å². The Labute approximate surface area is 212 Å². The topological polar surface area (TPSA) is 105 Å². The zero-order chi connectivity index (χ0) is 25.1. The Morgan fingerprint density at radius 1 is 1.23 bits per heavy atom. The van der Waals surface area contributed by atoms with E-state index in [-0.39, 0.29) is 33.3 Å². The third-order valence-electron chi connectivity index (χ3n) is 6.22. The third-order valence-corrected chi connectivity index (χ3v) is 6.97. The molecule has 1 aliphatic heterocycles. The van der Waals surface area contributed by atoms with Gasteiger partial charge in [-0.05, 0) is 37.1 Å². The Morgan fingerprint density at radius 2 is 1.94 bits per heavy atom. The molecule has 0 radical (unpaired) electrons. The summed E-state index contributed by atoms with van der Waals surface area (Å²) >= 11 is 13.1. The molecule has 1 aliphatic rings. The van der Waals surface area contributed by atoms with Gasteiger partial charge in [0.1, 0.15) is 17.3 Å². The second-order valence-electron chi connectivity index (χ2n) is 8.33. The summed E-state index contributed by atoms with van der Waals surface area (Å²) in [7, 11) is 2.97. The maximum absolute atomic E-state index is 13.1. The Morgan fingerprint density at radius 3 is 2.60 bits per heavy atom. The molecule has 0 bridgehead atoms. The van der Waals surface area contributed by atoms with Crippen molar-refractivity contribution in [3.63, 3.8) is 0 Å². The fraction of sp³-hybridized carbons (Fsp3) is 0.320. The van der Waals surface area contributed by atoms with Gasteiger partial charge in [0.2, 0.25) is 0 Å². The number of rotatable bonds is 8. The number of ketones is 1. The molecule has 0 spiro atoms. The minimum atomic E-state index is -0.322. The summed E-state index contributed by atoms with van der Waals surface area (Å²) in [6, 6.07) is 5.04. The van der Waals surface area contributed by atoms with Crippen molar-refractivity contribution in [2.45, 2.75) is 18.9 Å². The van der Waals surface area contributed by atoms with Gasteiger partial charge in [0.05, 0.1) is 35.3 Å². The SMILES string of the molecule is C=CC(=O)C[C@H]1CCNC[C@H]1Nc1cc2c(=O)[nH]c(-c3c(Cl)c(OC)cc(OC)c3Cl)cc2cn1. The molecule has 1 fully saturated rings. The van der Waals surface area contributed by atoms with Crippen LogP contribution in [0.5, 0.6) is 11.5 Å². The van der Waals surface area contributed by atoms with Gasteiger partial charge in [-0.3, -0.25) is 9.59 Å². The maximum atomic E-state index is 13.1. The summed E-state index contributed by atoms with van der Waals surface area (Å²) in [4.78, 5) is 32.4. The number of piperidine rings is 1. The number of hydrogen-bond donors (Lipinski definition) is 3. The van der Waals surface area contributed by atoms with Crippen LogP contribution in [0.25, 0.3) is 22.0 Å². The van der Waals surface area contributed by atoms with Crippen molar-refractivity contribution in [1.82, 2.24) is 15.3 Å². The van der Waals surface area contributed by atoms with Crippen LogP contribution in [0.3, 0.4) is 0 Å². The molecule has 3 aromatic rings. The van der Waals surface area contributed by atoms with Crippen molar-refractivity contribution in [2.24, 2.45) is 5.92 Å². The van der Waals surface area contributed by atoms with Crippen molar-refractivity contribution < 1.29 is 14.3 Å². The molecule has 1 saturated heterocycles. The van der Waals surface area contributed by atoms with Gasteiger partial charge in [-0.25, -0.2) is 4.98 Å². The molecule has 4 rings (SSSR count). The molecule has 184 valence electrons. The largest absolute Gasteiger partial charge is 0.495 e. The Hall–Kier alpha value is -3.07. The van der Waals surface area contributed by atoms with E-state index in [9.17, 15) is 9.59 Å². The first-order valence-electron chi connectivity index (χ1n) is 11.1. The molecule has 0 amide bonds. The van der Waals surface area contributed by atoms with E-state index in [0.717, 1.165) is 13.0 Å². The average Bonchev–Trinajstić information content (AvgIpc) is 2.86. The Kier molecular flexibility index (Phi) is 7.64. The molecule has 2 aromatic heterocycles. The summed E-state index contributed by atoms with van der Waals surface area (Å²) in [5.74, 6) is 1.46. The van der Waals surface area contributed by atoms with Gasteiger partial charge in [0.15, 0.2) is 5.78 Å². The van der Waals surface area contributed by atoms with Crippen molar-refractivity contribution in [3.05, 3.63) is 57.4 Å². The number of benzene rings is 1. The number of carbonyl (C=O) groups is 1. The van der Waals surface area contributed by atoms with E-state index in [1.807, 2.05) is 0 Å². The van der Waals surface area contributed by atoms with E-state index in [2.05, 4.69) is 27.2 Å². The number of carbonyl (C=O) groups excluding carboxylic acids is 1. The highest BCUT2D eigenvalue weighted by Gasteiger charge is 2.27. The number of pyridine rings is 2. The fourth-order valence-corrected chi connectivity index (χ4v) is 5.06. The lowest BCUT2D eigenvalue weighted by Gasteiger charge is -2.32. The molecule has 3 N–H and O–H groups in total. The first-order chi connectivity index (χ1) is 16.9. The second kappa shape index (κ2) is 10.7. The maximum Gasteiger partial charge on any atom is 0.256 e. The number of H-pyrrole nitrogens is 1. The number of ether oxygens (including phenoxy) is 2. The van der Waals surface area contributed by atoms with Gasteiger partial charge in [-0.2, -0.15) is 0 Å².